The van der Waals surface area contributed by atoms with Gasteiger partial charge in [-0.1, -0.05) is 6.07 Å². The minimum Gasteiger partial charge on any atom is -0.496 e. The molecule has 0 aromatic heterocycles. The second-order valence-corrected chi connectivity index (χ2v) is 3.28. The number of hydrogen-bond donors (Lipinski definition) is 1. The molecule has 1 rings (SSSR count). The van der Waals surface area contributed by atoms with Crippen LogP contribution in [0.1, 0.15) is 18.0 Å². The average Bonchev–Trinajstić information content (AvgIpc) is 2.14. The van der Waals surface area contributed by atoms with E-state index in [1.54, 1.807) is 0 Å². The zero-order valence-electron chi connectivity index (χ0n) is 8.92. The fraction of sp³-hybridized carbons (Fsp3) is 0.400. The highest BCUT2D eigenvalue weighted by molar-refractivity contribution is 5.85. The Kier molecular flexibility index (Phi) is 5.71. The molecule has 1 aromatic rings. The summed E-state index contributed by atoms with van der Waals surface area (Å²) in [5.41, 5.74) is 5.07. The smallest absolute Gasteiger partial charge is 0.390 e. The highest BCUT2D eigenvalue weighted by Gasteiger charge is 2.33. The molecule has 0 aliphatic carbocycles. The Morgan fingerprint density at radius 1 is 1.35 bits per heavy atom. The van der Waals surface area contributed by atoms with Crippen molar-refractivity contribution in [2.75, 3.05) is 7.11 Å². The SMILES string of the molecule is COc1cccc(F)c1[C@@H](N)CC(F)(F)F.Cl. The minimum absolute atomic E-state index is 0. The molecule has 0 spiro atoms. The van der Waals surface area contributed by atoms with E-state index in [1.165, 1.54) is 19.2 Å². The number of alkyl halides is 3. The molecule has 0 radical (unpaired) electrons. The molecule has 7 heteroatoms. The first-order valence-corrected chi connectivity index (χ1v) is 4.50. The summed E-state index contributed by atoms with van der Waals surface area (Å²) >= 11 is 0. The van der Waals surface area contributed by atoms with Gasteiger partial charge in [0.1, 0.15) is 11.6 Å². The summed E-state index contributed by atoms with van der Waals surface area (Å²) in [6, 6.07) is 2.30. The summed E-state index contributed by atoms with van der Waals surface area (Å²) in [5, 5.41) is 0. The Bertz CT molecular complexity index is 370. The van der Waals surface area contributed by atoms with Gasteiger partial charge in [-0.15, -0.1) is 12.4 Å². The highest BCUT2D eigenvalue weighted by atomic mass is 35.5. The van der Waals surface area contributed by atoms with Crippen molar-refractivity contribution in [2.45, 2.75) is 18.6 Å². The van der Waals surface area contributed by atoms with Crippen LogP contribution in [-0.4, -0.2) is 13.3 Å². The van der Waals surface area contributed by atoms with Crippen LogP contribution in [0, 0.1) is 5.82 Å². The first-order valence-electron chi connectivity index (χ1n) is 4.50. The molecule has 0 heterocycles. The Hall–Kier alpha value is -1.01. The quantitative estimate of drug-likeness (QED) is 0.859. The third kappa shape index (κ3) is 4.40. The van der Waals surface area contributed by atoms with Crippen molar-refractivity contribution in [1.82, 2.24) is 0 Å². The first-order chi connectivity index (χ1) is 7.35. The molecule has 1 aromatic carbocycles. The van der Waals surface area contributed by atoms with Crippen molar-refractivity contribution in [3.8, 4) is 5.75 Å². The summed E-state index contributed by atoms with van der Waals surface area (Å²) < 4.78 is 54.5. The standard InChI is InChI=1S/C10H11F4NO.ClH/c1-16-8-4-2-3-6(11)9(8)7(15)5-10(12,13)14;/h2-4,7H,5,15H2,1H3;1H/t7-;/m0./s1. The van der Waals surface area contributed by atoms with Crippen LogP contribution < -0.4 is 10.5 Å². The first kappa shape index (κ1) is 16.0. The zero-order chi connectivity index (χ0) is 12.3. The second-order valence-electron chi connectivity index (χ2n) is 3.28. The van der Waals surface area contributed by atoms with Gasteiger partial charge in [-0.3, -0.25) is 0 Å². The van der Waals surface area contributed by atoms with Crippen molar-refractivity contribution in [3.05, 3.63) is 29.6 Å². The third-order valence-corrected chi connectivity index (χ3v) is 2.05. The molecule has 2 N–H and O–H groups in total. The van der Waals surface area contributed by atoms with Gasteiger partial charge in [-0.05, 0) is 12.1 Å². The summed E-state index contributed by atoms with van der Waals surface area (Å²) in [5.74, 6) is -0.771. The van der Waals surface area contributed by atoms with Crippen LogP contribution in [0.2, 0.25) is 0 Å². The molecule has 0 saturated heterocycles. The molecular formula is C10H12ClF4NO. The number of nitrogens with two attached hydrogens (primary N) is 1. The molecular weight excluding hydrogens is 262 g/mol. The van der Waals surface area contributed by atoms with Gasteiger partial charge >= 0.3 is 6.18 Å². The molecule has 0 unspecified atom stereocenters. The molecule has 0 amide bonds. The van der Waals surface area contributed by atoms with E-state index < -0.39 is 24.5 Å². The van der Waals surface area contributed by atoms with Gasteiger partial charge in [0.05, 0.1) is 13.5 Å². The number of ether oxygens (including phenoxy) is 1. The van der Waals surface area contributed by atoms with E-state index in [9.17, 15) is 17.6 Å². The number of rotatable bonds is 3. The Labute approximate surface area is 102 Å². The van der Waals surface area contributed by atoms with Crippen LogP contribution in [0.15, 0.2) is 18.2 Å². The molecule has 1 atom stereocenters. The van der Waals surface area contributed by atoms with Crippen LogP contribution in [0.5, 0.6) is 5.75 Å². The predicted octanol–water partition coefficient (Wildman–Crippen LogP) is 3.21. The lowest BCUT2D eigenvalue weighted by Crippen LogP contribution is -2.21. The lowest BCUT2D eigenvalue weighted by atomic mass is 10.0. The van der Waals surface area contributed by atoms with Gasteiger partial charge in [0, 0.05) is 11.6 Å². The van der Waals surface area contributed by atoms with Crippen LogP contribution in [-0.2, 0) is 0 Å². The number of hydrogen-bond acceptors (Lipinski definition) is 2. The van der Waals surface area contributed by atoms with Crippen molar-refractivity contribution in [3.63, 3.8) is 0 Å². The average molecular weight is 274 g/mol. The Balaban J connectivity index is 0.00000256. The normalized spacial score (nSPS) is 12.8. The number of benzene rings is 1. The van der Waals surface area contributed by atoms with E-state index in [2.05, 4.69) is 0 Å². The fourth-order valence-corrected chi connectivity index (χ4v) is 1.41. The molecule has 0 bridgehead atoms. The molecule has 2 nitrogen and oxygen atoms in total. The van der Waals surface area contributed by atoms with Crippen LogP contribution in [0.25, 0.3) is 0 Å². The van der Waals surface area contributed by atoms with Gasteiger partial charge in [0.25, 0.3) is 0 Å². The van der Waals surface area contributed by atoms with Gasteiger partial charge < -0.3 is 10.5 Å². The summed E-state index contributed by atoms with van der Waals surface area (Å²) in [4.78, 5) is 0. The van der Waals surface area contributed by atoms with Gasteiger partial charge in [-0.25, -0.2) is 4.39 Å². The maximum absolute atomic E-state index is 13.3. The van der Waals surface area contributed by atoms with Gasteiger partial charge in [-0.2, -0.15) is 13.2 Å². The third-order valence-electron chi connectivity index (χ3n) is 2.05. The zero-order valence-corrected chi connectivity index (χ0v) is 9.74. The largest absolute Gasteiger partial charge is 0.496 e. The van der Waals surface area contributed by atoms with Crippen molar-refractivity contribution in [1.29, 1.82) is 0 Å². The van der Waals surface area contributed by atoms with Crippen LogP contribution in [0.3, 0.4) is 0 Å². The summed E-state index contributed by atoms with van der Waals surface area (Å²) in [7, 11) is 1.25. The maximum Gasteiger partial charge on any atom is 0.390 e. The van der Waals surface area contributed by atoms with Crippen molar-refractivity contribution in [2.24, 2.45) is 5.73 Å². The highest BCUT2D eigenvalue weighted by Crippen LogP contribution is 2.33. The summed E-state index contributed by atoms with van der Waals surface area (Å²) in [6.45, 7) is 0. The van der Waals surface area contributed by atoms with E-state index in [1.807, 2.05) is 0 Å². The van der Waals surface area contributed by atoms with Crippen molar-refractivity contribution >= 4 is 12.4 Å². The Morgan fingerprint density at radius 3 is 2.41 bits per heavy atom. The molecule has 0 aliphatic heterocycles. The monoisotopic (exact) mass is 273 g/mol. The molecule has 0 saturated carbocycles. The fourth-order valence-electron chi connectivity index (χ4n) is 1.41. The van der Waals surface area contributed by atoms with E-state index in [-0.39, 0.29) is 23.7 Å². The minimum atomic E-state index is -4.44. The Morgan fingerprint density at radius 2 is 1.94 bits per heavy atom. The van der Waals surface area contributed by atoms with Gasteiger partial charge in [0.15, 0.2) is 0 Å². The molecule has 0 aliphatic rings. The van der Waals surface area contributed by atoms with Crippen LogP contribution >= 0.6 is 12.4 Å². The molecule has 0 fully saturated rings. The number of methoxy groups -OCH3 is 1. The van der Waals surface area contributed by atoms with E-state index in [0.717, 1.165) is 6.07 Å². The number of halogens is 5. The molecule has 17 heavy (non-hydrogen) atoms. The van der Waals surface area contributed by atoms with Gasteiger partial charge in [0.2, 0.25) is 0 Å². The van der Waals surface area contributed by atoms with Crippen molar-refractivity contribution < 1.29 is 22.3 Å². The van der Waals surface area contributed by atoms with Crippen LogP contribution in [0.4, 0.5) is 17.6 Å². The lowest BCUT2D eigenvalue weighted by molar-refractivity contribution is -0.138. The maximum atomic E-state index is 13.3. The van der Waals surface area contributed by atoms with E-state index in [4.69, 9.17) is 10.5 Å². The second kappa shape index (κ2) is 6.07. The van der Waals surface area contributed by atoms with E-state index in [0.29, 0.717) is 0 Å². The molecule has 98 valence electrons. The summed E-state index contributed by atoms with van der Waals surface area (Å²) in [6.07, 6.45) is -5.73. The predicted molar refractivity (Wildman–Crippen MR) is 57.8 cm³/mol. The van der Waals surface area contributed by atoms with E-state index >= 15 is 0 Å². The lowest BCUT2D eigenvalue weighted by Gasteiger charge is -2.17. The topological polar surface area (TPSA) is 35.2 Å².